The molecule has 11 nitrogen and oxygen atoms in total. The van der Waals surface area contributed by atoms with Gasteiger partial charge < -0.3 is 25.5 Å². The lowest BCUT2D eigenvalue weighted by molar-refractivity contribution is -0.384. The number of carbonyl (C=O) groups is 1. The van der Waals surface area contributed by atoms with Crippen LogP contribution in [0.4, 0.5) is 5.69 Å². The predicted molar refractivity (Wildman–Crippen MR) is 79.9 cm³/mol. The second kappa shape index (κ2) is 9.00. The number of hydrogen-bond donors (Lipinski definition) is 6. The minimum absolute atomic E-state index is 0.179. The number of non-ortho nitro benzene ring substituents is 1. The van der Waals surface area contributed by atoms with E-state index < -0.39 is 41.9 Å². The number of hydrogen-bond acceptors (Lipinski definition) is 9. The Hall–Kier alpha value is -2.44. The molecule has 4 atom stereocenters. The van der Waals surface area contributed by atoms with Gasteiger partial charge in [0.05, 0.1) is 17.7 Å². The van der Waals surface area contributed by atoms with Crippen molar-refractivity contribution < 1.29 is 35.3 Å². The van der Waals surface area contributed by atoms with Gasteiger partial charge in [-0.25, -0.2) is 5.43 Å². The molecule has 0 saturated heterocycles. The first-order chi connectivity index (χ1) is 11.3. The highest BCUT2D eigenvalue weighted by molar-refractivity contribution is 5.85. The molecule has 0 heterocycles. The number of nitrogens with one attached hydrogen (secondary N) is 1. The maximum absolute atomic E-state index is 11.6. The lowest BCUT2D eigenvalue weighted by Gasteiger charge is -2.24. The largest absolute Gasteiger partial charge is 0.394 e. The first-order valence-corrected chi connectivity index (χ1v) is 6.68. The van der Waals surface area contributed by atoms with Crippen LogP contribution in [0.25, 0.3) is 0 Å². The number of carbonyl (C=O) groups excluding carboxylic acids is 1. The topological polar surface area (TPSA) is 186 Å². The standard InChI is InChI=1S/C13H17N3O8/c17-6-9(18)10(19)11(20)12(21)13(22)15-14-5-7-2-1-3-8(4-7)16(23)24/h1-5,9-12,17-21H,6H2,(H,15,22)/b14-5+/t9-,10-,11-,12+/m1/s1. The Bertz CT molecular complexity index is 609. The summed E-state index contributed by atoms with van der Waals surface area (Å²) < 4.78 is 0. The molecule has 6 N–H and O–H groups in total. The fourth-order valence-corrected chi connectivity index (χ4v) is 1.63. The van der Waals surface area contributed by atoms with Gasteiger partial charge in [-0.05, 0) is 0 Å². The molecule has 0 aliphatic heterocycles. The zero-order valence-corrected chi connectivity index (χ0v) is 12.3. The highest BCUT2D eigenvalue weighted by Crippen LogP contribution is 2.11. The van der Waals surface area contributed by atoms with Crippen molar-refractivity contribution in [2.75, 3.05) is 6.61 Å². The van der Waals surface area contributed by atoms with Crippen LogP contribution in [0.2, 0.25) is 0 Å². The Morgan fingerprint density at radius 3 is 2.54 bits per heavy atom. The van der Waals surface area contributed by atoms with E-state index in [4.69, 9.17) is 10.2 Å². The summed E-state index contributed by atoms with van der Waals surface area (Å²) in [6, 6.07) is 5.36. The van der Waals surface area contributed by atoms with Gasteiger partial charge in [0.2, 0.25) is 0 Å². The van der Waals surface area contributed by atoms with Crippen molar-refractivity contribution >= 4 is 17.8 Å². The summed E-state index contributed by atoms with van der Waals surface area (Å²) in [7, 11) is 0. The summed E-state index contributed by atoms with van der Waals surface area (Å²) in [4.78, 5) is 21.6. The van der Waals surface area contributed by atoms with Gasteiger partial charge in [-0.2, -0.15) is 5.10 Å². The normalized spacial score (nSPS) is 16.4. The van der Waals surface area contributed by atoms with Crippen LogP contribution in [0.1, 0.15) is 5.56 Å². The van der Waals surface area contributed by atoms with E-state index in [-0.39, 0.29) is 5.69 Å². The smallest absolute Gasteiger partial charge is 0.271 e. The molecule has 0 radical (unpaired) electrons. The second-order valence-corrected chi connectivity index (χ2v) is 4.76. The lowest BCUT2D eigenvalue weighted by Crippen LogP contribution is -2.50. The zero-order valence-electron chi connectivity index (χ0n) is 12.3. The number of rotatable bonds is 8. The van der Waals surface area contributed by atoms with Crippen LogP contribution in [0.3, 0.4) is 0 Å². The molecule has 24 heavy (non-hydrogen) atoms. The van der Waals surface area contributed by atoms with E-state index in [1.165, 1.54) is 24.3 Å². The first-order valence-electron chi connectivity index (χ1n) is 6.68. The average molecular weight is 343 g/mol. The Morgan fingerprint density at radius 1 is 1.29 bits per heavy atom. The third kappa shape index (κ3) is 5.33. The molecule has 132 valence electrons. The zero-order chi connectivity index (χ0) is 18.3. The van der Waals surface area contributed by atoms with E-state index in [1.54, 1.807) is 0 Å². The highest BCUT2D eigenvalue weighted by atomic mass is 16.6. The molecular formula is C13H17N3O8. The molecular weight excluding hydrogens is 326 g/mol. The predicted octanol–water partition coefficient (Wildman–Crippen LogP) is -2.52. The lowest BCUT2D eigenvalue weighted by atomic mass is 10.0. The van der Waals surface area contributed by atoms with Crippen LogP contribution in [0.5, 0.6) is 0 Å². The summed E-state index contributed by atoms with van der Waals surface area (Å²) in [5.41, 5.74) is 1.99. The molecule has 1 amide bonds. The number of hydrazone groups is 1. The van der Waals surface area contributed by atoms with Gasteiger partial charge in [0.25, 0.3) is 11.6 Å². The van der Waals surface area contributed by atoms with E-state index in [0.717, 1.165) is 6.21 Å². The Labute approximate surface area is 135 Å². The molecule has 11 heteroatoms. The second-order valence-electron chi connectivity index (χ2n) is 4.76. The summed E-state index contributed by atoms with van der Waals surface area (Å²) in [6.07, 6.45) is -6.79. The van der Waals surface area contributed by atoms with Crippen molar-refractivity contribution in [1.29, 1.82) is 0 Å². The monoisotopic (exact) mass is 343 g/mol. The van der Waals surface area contributed by atoms with Gasteiger partial charge in [0.15, 0.2) is 6.10 Å². The minimum atomic E-state index is -2.12. The molecule has 1 rings (SSSR count). The molecule has 0 spiro atoms. The number of benzene rings is 1. The highest BCUT2D eigenvalue weighted by Gasteiger charge is 2.34. The van der Waals surface area contributed by atoms with Gasteiger partial charge in [0, 0.05) is 17.7 Å². The third-order valence-electron chi connectivity index (χ3n) is 2.99. The maximum atomic E-state index is 11.6. The Balaban J connectivity index is 2.64. The molecule has 1 aromatic rings. The van der Waals surface area contributed by atoms with Crippen molar-refractivity contribution in [1.82, 2.24) is 5.43 Å². The summed E-state index contributed by atoms with van der Waals surface area (Å²) in [6.45, 7) is -0.877. The van der Waals surface area contributed by atoms with E-state index in [2.05, 4.69) is 5.10 Å². The molecule has 0 fully saturated rings. The van der Waals surface area contributed by atoms with E-state index in [1.807, 2.05) is 5.43 Å². The maximum Gasteiger partial charge on any atom is 0.271 e. The van der Waals surface area contributed by atoms with Crippen molar-refractivity contribution in [3.05, 3.63) is 39.9 Å². The molecule has 0 saturated carbocycles. The minimum Gasteiger partial charge on any atom is -0.394 e. The number of nitrogens with zero attached hydrogens (tertiary/aromatic N) is 2. The number of nitro benzene ring substituents is 1. The van der Waals surface area contributed by atoms with Crippen LogP contribution in [0, 0.1) is 10.1 Å². The van der Waals surface area contributed by atoms with Crippen LogP contribution < -0.4 is 5.43 Å². The van der Waals surface area contributed by atoms with Crippen molar-refractivity contribution in [2.45, 2.75) is 24.4 Å². The SMILES string of the molecule is O=C(N/N=C/c1cccc([N+](=O)[O-])c1)[C@@H](O)[C@H](O)[C@H](O)[C@H](O)CO. The molecule has 0 bridgehead atoms. The number of nitro groups is 1. The quantitative estimate of drug-likeness (QED) is 0.169. The van der Waals surface area contributed by atoms with E-state index >= 15 is 0 Å². The molecule has 0 unspecified atom stereocenters. The van der Waals surface area contributed by atoms with Crippen molar-refractivity contribution in [3.63, 3.8) is 0 Å². The van der Waals surface area contributed by atoms with Crippen molar-refractivity contribution in [2.24, 2.45) is 5.10 Å². The van der Waals surface area contributed by atoms with Crippen LogP contribution in [-0.2, 0) is 4.79 Å². The summed E-state index contributed by atoms with van der Waals surface area (Å²) in [5, 5.41) is 60.3. The molecule has 0 aromatic heterocycles. The van der Waals surface area contributed by atoms with Gasteiger partial charge >= 0.3 is 0 Å². The number of amides is 1. The first kappa shape index (κ1) is 19.6. The van der Waals surface area contributed by atoms with E-state index in [0.29, 0.717) is 5.56 Å². The van der Waals surface area contributed by atoms with Gasteiger partial charge in [-0.15, -0.1) is 0 Å². The van der Waals surface area contributed by atoms with Gasteiger partial charge in [0.1, 0.15) is 18.3 Å². The summed E-state index contributed by atoms with van der Waals surface area (Å²) >= 11 is 0. The Morgan fingerprint density at radius 2 is 1.96 bits per heavy atom. The molecule has 0 aliphatic carbocycles. The molecule has 0 aliphatic rings. The van der Waals surface area contributed by atoms with Crippen LogP contribution in [-0.4, -0.2) is 73.6 Å². The Kier molecular flexibility index (Phi) is 7.35. The number of aliphatic hydroxyl groups excluding tert-OH is 5. The number of aliphatic hydroxyl groups is 5. The fraction of sp³-hybridized carbons (Fsp3) is 0.385. The van der Waals surface area contributed by atoms with Crippen LogP contribution >= 0.6 is 0 Å². The van der Waals surface area contributed by atoms with E-state index in [9.17, 15) is 30.2 Å². The van der Waals surface area contributed by atoms with Crippen LogP contribution in [0.15, 0.2) is 29.4 Å². The van der Waals surface area contributed by atoms with Gasteiger partial charge in [-0.3, -0.25) is 14.9 Å². The van der Waals surface area contributed by atoms with Crippen molar-refractivity contribution in [3.8, 4) is 0 Å². The van der Waals surface area contributed by atoms with Gasteiger partial charge in [-0.1, -0.05) is 12.1 Å². The molecule has 1 aromatic carbocycles. The average Bonchev–Trinajstić information content (AvgIpc) is 2.59. The fourth-order valence-electron chi connectivity index (χ4n) is 1.63. The third-order valence-corrected chi connectivity index (χ3v) is 2.99. The summed E-state index contributed by atoms with van der Waals surface area (Å²) in [5.74, 6) is -1.19.